The van der Waals surface area contributed by atoms with Gasteiger partial charge in [0.1, 0.15) is 11.4 Å². The van der Waals surface area contributed by atoms with Crippen LogP contribution in [0.2, 0.25) is 0 Å². The van der Waals surface area contributed by atoms with Crippen molar-refractivity contribution in [1.82, 2.24) is 5.06 Å². The Morgan fingerprint density at radius 3 is 2.62 bits per heavy atom. The summed E-state index contributed by atoms with van der Waals surface area (Å²) in [5, 5.41) is 3.88. The normalized spacial score (nSPS) is 17.1. The summed E-state index contributed by atoms with van der Waals surface area (Å²) in [6.07, 6.45) is -0.0128. The lowest BCUT2D eigenvalue weighted by atomic mass is 9.99. The second-order valence-electron chi connectivity index (χ2n) is 6.43. The molecular weight excluding hydrogens is 312 g/mol. The third-order valence-electron chi connectivity index (χ3n) is 3.39. The Bertz CT molecular complexity index is 624. The maximum atomic E-state index is 12.2. The van der Waals surface area contributed by atoms with Crippen LogP contribution in [0.15, 0.2) is 18.2 Å². The number of rotatable bonds is 5. The molecule has 1 aliphatic rings. The standard InChI is InChI=1S/C17H24N2O5/c1-6-23-11-7-8-13-12(9-11)14(19(22-5)16(21)18-13)10-15(20)24-17(2,3)4/h7-9,14H,6,10H2,1-5H3,(H,18,21). The highest BCUT2D eigenvalue weighted by Crippen LogP contribution is 2.37. The monoisotopic (exact) mass is 336 g/mol. The third-order valence-corrected chi connectivity index (χ3v) is 3.39. The summed E-state index contributed by atoms with van der Waals surface area (Å²) < 4.78 is 10.9. The highest BCUT2D eigenvalue weighted by molar-refractivity contribution is 5.93. The van der Waals surface area contributed by atoms with Gasteiger partial charge >= 0.3 is 12.0 Å². The van der Waals surface area contributed by atoms with Crippen LogP contribution in [0, 0.1) is 0 Å². The lowest BCUT2D eigenvalue weighted by Crippen LogP contribution is -2.42. The third kappa shape index (κ3) is 4.17. The van der Waals surface area contributed by atoms with Gasteiger partial charge in [-0.3, -0.25) is 9.63 Å². The second-order valence-corrected chi connectivity index (χ2v) is 6.43. The molecule has 0 aliphatic carbocycles. The highest BCUT2D eigenvalue weighted by Gasteiger charge is 2.36. The zero-order chi connectivity index (χ0) is 17.9. The van der Waals surface area contributed by atoms with Gasteiger partial charge < -0.3 is 14.8 Å². The highest BCUT2D eigenvalue weighted by atomic mass is 16.7. The van der Waals surface area contributed by atoms with E-state index in [4.69, 9.17) is 14.3 Å². The number of benzene rings is 1. The number of amides is 2. The predicted octanol–water partition coefficient (Wildman–Crippen LogP) is 3.27. The van der Waals surface area contributed by atoms with E-state index in [9.17, 15) is 9.59 Å². The molecule has 0 bridgehead atoms. The number of ether oxygens (including phenoxy) is 2. The molecule has 7 heteroatoms. The fraction of sp³-hybridized carbons (Fsp3) is 0.529. The van der Waals surface area contributed by atoms with E-state index in [0.29, 0.717) is 18.0 Å². The van der Waals surface area contributed by atoms with Crippen molar-refractivity contribution in [1.29, 1.82) is 0 Å². The van der Waals surface area contributed by atoms with Crippen LogP contribution < -0.4 is 10.1 Å². The quantitative estimate of drug-likeness (QED) is 0.835. The Morgan fingerprint density at radius 1 is 1.33 bits per heavy atom. The van der Waals surface area contributed by atoms with Crippen LogP contribution in [0.3, 0.4) is 0 Å². The van der Waals surface area contributed by atoms with Crippen molar-refractivity contribution >= 4 is 17.7 Å². The number of nitrogens with zero attached hydrogens (tertiary/aromatic N) is 1. The molecule has 1 atom stereocenters. The molecule has 1 aromatic rings. The average Bonchev–Trinajstić information content (AvgIpc) is 2.46. The Hall–Kier alpha value is -2.28. The Labute approximate surface area is 141 Å². The summed E-state index contributed by atoms with van der Waals surface area (Å²) in [5.74, 6) is 0.259. The van der Waals surface area contributed by atoms with E-state index in [-0.39, 0.29) is 6.42 Å². The predicted molar refractivity (Wildman–Crippen MR) is 88.7 cm³/mol. The van der Waals surface area contributed by atoms with Crippen molar-refractivity contribution in [3.8, 4) is 5.75 Å². The van der Waals surface area contributed by atoms with E-state index >= 15 is 0 Å². The van der Waals surface area contributed by atoms with E-state index in [0.717, 1.165) is 10.6 Å². The first kappa shape index (κ1) is 18.1. The number of hydrogen-bond acceptors (Lipinski definition) is 5. The molecule has 24 heavy (non-hydrogen) atoms. The first-order valence-electron chi connectivity index (χ1n) is 7.88. The van der Waals surface area contributed by atoms with Gasteiger partial charge in [-0.2, -0.15) is 5.06 Å². The molecule has 1 aromatic carbocycles. The number of esters is 1. The molecule has 0 radical (unpaired) electrons. The van der Waals surface area contributed by atoms with E-state index in [1.54, 1.807) is 39.0 Å². The molecule has 1 aliphatic heterocycles. The van der Waals surface area contributed by atoms with Crippen LogP contribution in [0.25, 0.3) is 0 Å². The maximum absolute atomic E-state index is 12.2. The summed E-state index contributed by atoms with van der Waals surface area (Å²) in [5.41, 5.74) is 0.778. The van der Waals surface area contributed by atoms with Crippen LogP contribution in [-0.2, 0) is 14.4 Å². The van der Waals surface area contributed by atoms with Crippen LogP contribution >= 0.6 is 0 Å². The number of hydroxylamine groups is 2. The summed E-state index contributed by atoms with van der Waals surface area (Å²) in [6.45, 7) is 7.81. The van der Waals surface area contributed by atoms with Crippen LogP contribution in [0.4, 0.5) is 10.5 Å². The van der Waals surface area contributed by atoms with Gasteiger partial charge in [0.05, 0.1) is 26.2 Å². The van der Waals surface area contributed by atoms with Gasteiger partial charge in [0, 0.05) is 11.3 Å². The van der Waals surface area contributed by atoms with Gasteiger partial charge in [-0.1, -0.05) is 0 Å². The molecule has 0 spiro atoms. The fourth-order valence-electron chi connectivity index (χ4n) is 2.57. The topological polar surface area (TPSA) is 77.1 Å². The molecule has 1 unspecified atom stereocenters. The molecule has 0 saturated carbocycles. The minimum absolute atomic E-state index is 0.0128. The van der Waals surface area contributed by atoms with Crippen molar-refractivity contribution in [3.05, 3.63) is 23.8 Å². The molecule has 2 rings (SSSR count). The Morgan fingerprint density at radius 2 is 2.04 bits per heavy atom. The SMILES string of the molecule is CCOc1ccc2c(c1)C(CC(=O)OC(C)(C)C)N(OC)C(=O)N2. The van der Waals surface area contributed by atoms with Gasteiger partial charge in [0.2, 0.25) is 0 Å². The molecule has 7 nitrogen and oxygen atoms in total. The van der Waals surface area contributed by atoms with Gasteiger partial charge in [0.15, 0.2) is 0 Å². The summed E-state index contributed by atoms with van der Waals surface area (Å²) >= 11 is 0. The minimum atomic E-state index is -0.595. The van der Waals surface area contributed by atoms with Crippen molar-refractivity contribution in [2.75, 3.05) is 19.0 Å². The molecule has 2 amide bonds. The molecule has 0 fully saturated rings. The number of anilines is 1. The lowest BCUT2D eigenvalue weighted by Gasteiger charge is -2.35. The molecular formula is C17H24N2O5. The van der Waals surface area contributed by atoms with Gasteiger partial charge in [-0.25, -0.2) is 4.79 Å². The lowest BCUT2D eigenvalue weighted by molar-refractivity contribution is -0.163. The maximum Gasteiger partial charge on any atom is 0.346 e. The van der Waals surface area contributed by atoms with Crippen LogP contribution in [-0.4, -0.2) is 36.4 Å². The molecule has 132 valence electrons. The van der Waals surface area contributed by atoms with Crippen molar-refractivity contribution in [2.24, 2.45) is 0 Å². The van der Waals surface area contributed by atoms with Crippen molar-refractivity contribution < 1.29 is 23.9 Å². The first-order chi connectivity index (χ1) is 11.2. The molecule has 0 aromatic heterocycles. The number of carbonyl (C=O) groups is 2. The van der Waals surface area contributed by atoms with Gasteiger partial charge in [0.25, 0.3) is 0 Å². The molecule has 0 saturated heterocycles. The van der Waals surface area contributed by atoms with Crippen LogP contribution in [0.5, 0.6) is 5.75 Å². The van der Waals surface area contributed by atoms with Crippen molar-refractivity contribution in [3.63, 3.8) is 0 Å². The number of urea groups is 1. The minimum Gasteiger partial charge on any atom is -0.494 e. The zero-order valence-corrected chi connectivity index (χ0v) is 14.7. The van der Waals surface area contributed by atoms with E-state index < -0.39 is 23.6 Å². The Kier molecular flexibility index (Phi) is 5.33. The number of carbonyl (C=O) groups excluding carboxylic acids is 2. The largest absolute Gasteiger partial charge is 0.494 e. The van der Waals surface area contributed by atoms with E-state index in [2.05, 4.69) is 5.32 Å². The van der Waals surface area contributed by atoms with Gasteiger partial charge in [-0.05, 0) is 45.9 Å². The second kappa shape index (κ2) is 7.09. The zero-order valence-electron chi connectivity index (χ0n) is 14.7. The fourth-order valence-corrected chi connectivity index (χ4v) is 2.57. The molecule has 1 heterocycles. The average molecular weight is 336 g/mol. The summed E-state index contributed by atoms with van der Waals surface area (Å²) in [6, 6.07) is 4.32. The number of nitrogens with one attached hydrogen (secondary N) is 1. The number of hydrogen-bond donors (Lipinski definition) is 1. The summed E-state index contributed by atoms with van der Waals surface area (Å²) in [7, 11) is 1.39. The van der Waals surface area contributed by atoms with E-state index in [1.165, 1.54) is 7.11 Å². The van der Waals surface area contributed by atoms with Crippen LogP contribution in [0.1, 0.15) is 45.7 Å². The van der Waals surface area contributed by atoms with Crippen molar-refractivity contribution in [2.45, 2.75) is 45.8 Å². The Balaban J connectivity index is 2.33. The summed E-state index contributed by atoms with van der Waals surface area (Å²) in [4.78, 5) is 29.6. The first-order valence-corrected chi connectivity index (χ1v) is 7.88. The number of fused-ring (bicyclic) bond motifs is 1. The smallest absolute Gasteiger partial charge is 0.346 e. The molecule has 1 N–H and O–H groups in total. The van der Waals surface area contributed by atoms with E-state index in [1.807, 2.05) is 6.92 Å². The van der Waals surface area contributed by atoms with Gasteiger partial charge in [-0.15, -0.1) is 0 Å².